The van der Waals surface area contributed by atoms with Gasteiger partial charge in [-0.3, -0.25) is 0 Å². The van der Waals surface area contributed by atoms with E-state index in [-0.39, 0.29) is 5.82 Å². The smallest absolute Gasteiger partial charge is 0.127 e. The monoisotopic (exact) mass is 213 g/mol. The van der Waals surface area contributed by atoms with Gasteiger partial charge in [-0.2, -0.15) is 11.8 Å². The second-order valence-electron chi connectivity index (χ2n) is 3.32. The Morgan fingerprint density at radius 3 is 2.71 bits per heavy atom. The summed E-state index contributed by atoms with van der Waals surface area (Å²) < 4.78 is 13.2. The van der Waals surface area contributed by atoms with Gasteiger partial charge in [-0.1, -0.05) is 18.2 Å². The van der Waals surface area contributed by atoms with Crippen molar-refractivity contribution in [3.05, 3.63) is 35.6 Å². The minimum atomic E-state index is -0.108. The molecule has 0 radical (unpaired) electrons. The van der Waals surface area contributed by atoms with Gasteiger partial charge >= 0.3 is 0 Å². The maximum Gasteiger partial charge on any atom is 0.127 e. The molecule has 1 aromatic rings. The highest BCUT2D eigenvalue weighted by Gasteiger charge is 2.03. The fourth-order valence-electron chi connectivity index (χ4n) is 1.24. The highest BCUT2D eigenvalue weighted by molar-refractivity contribution is 7.98. The molecular formula is C11H16FNS. The topological polar surface area (TPSA) is 3.24 Å². The van der Waals surface area contributed by atoms with Gasteiger partial charge in [-0.05, 0) is 19.4 Å². The van der Waals surface area contributed by atoms with Gasteiger partial charge in [-0.25, -0.2) is 4.39 Å². The summed E-state index contributed by atoms with van der Waals surface area (Å²) in [5.41, 5.74) is 0.774. The Labute approximate surface area is 89.3 Å². The molecule has 78 valence electrons. The maximum atomic E-state index is 13.2. The van der Waals surface area contributed by atoms with Crippen LogP contribution in [0.4, 0.5) is 4.39 Å². The molecule has 1 rings (SSSR count). The van der Waals surface area contributed by atoms with Crippen molar-refractivity contribution in [1.82, 2.24) is 4.90 Å². The Kier molecular flexibility index (Phi) is 4.98. The van der Waals surface area contributed by atoms with Gasteiger partial charge < -0.3 is 4.90 Å². The Balaban J connectivity index is 2.47. The van der Waals surface area contributed by atoms with Crippen LogP contribution in [0, 0.1) is 5.82 Å². The number of thioether (sulfide) groups is 1. The van der Waals surface area contributed by atoms with Crippen molar-refractivity contribution < 1.29 is 4.39 Å². The number of rotatable bonds is 5. The first kappa shape index (κ1) is 11.5. The number of benzene rings is 1. The van der Waals surface area contributed by atoms with Crippen LogP contribution in [0.25, 0.3) is 0 Å². The molecule has 0 aliphatic heterocycles. The molecule has 0 unspecified atom stereocenters. The summed E-state index contributed by atoms with van der Waals surface area (Å²) in [6.07, 6.45) is 2.08. The summed E-state index contributed by atoms with van der Waals surface area (Å²) in [4.78, 5) is 2.13. The molecular weight excluding hydrogens is 197 g/mol. The Hall–Kier alpha value is -0.540. The van der Waals surface area contributed by atoms with E-state index < -0.39 is 0 Å². The van der Waals surface area contributed by atoms with E-state index in [9.17, 15) is 4.39 Å². The SMILES string of the molecule is CSCCN(C)Cc1ccccc1F. The van der Waals surface area contributed by atoms with Crippen LogP contribution in [0.15, 0.2) is 24.3 Å². The predicted octanol–water partition coefficient (Wildman–Crippen LogP) is 2.62. The molecule has 1 nitrogen and oxygen atoms in total. The molecule has 0 bridgehead atoms. The van der Waals surface area contributed by atoms with Crippen LogP contribution < -0.4 is 0 Å². The van der Waals surface area contributed by atoms with Crippen LogP contribution in [-0.4, -0.2) is 30.5 Å². The molecule has 0 aliphatic carbocycles. The summed E-state index contributed by atoms with van der Waals surface area (Å²) in [6.45, 7) is 1.68. The van der Waals surface area contributed by atoms with Crippen LogP contribution >= 0.6 is 11.8 Å². The first-order valence-electron chi connectivity index (χ1n) is 4.65. The fraction of sp³-hybridized carbons (Fsp3) is 0.455. The lowest BCUT2D eigenvalue weighted by Gasteiger charge is -2.16. The molecule has 3 heteroatoms. The van der Waals surface area contributed by atoms with E-state index in [4.69, 9.17) is 0 Å². The number of halogens is 1. The normalized spacial score (nSPS) is 10.9. The van der Waals surface area contributed by atoms with Crippen molar-refractivity contribution in [3.8, 4) is 0 Å². The van der Waals surface area contributed by atoms with Gasteiger partial charge in [0.2, 0.25) is 0 Å². The molecule has 0 aliphatic rings. The summed E-state index contributed by atoms with van der Waals surface area (Å²) in [5.74, 6) is 0.980. The minimum absolute atomic E-state index is 0.108. The van der Waals surface area contributed by atoms with Gasteiger partial charge in [0.15, 0.2) is 0 Å². The van der Waals surface area contributed by atoms with Crippen molar-refractivity contribution in [2.75, 3.05) is 25.6 Å². The van der Waals surface area contributed by atoms with Gasteiger partial charge in [0, 0.05) is 24.4 Å². The van der Waals surface area contributed by atoms with Crippen molar-refractivity contribution >= 4 is 11.8 Å². The lowest BCUT2D eigenvalue weighted by Crippen LogP contribution is -2.21. The third-order valence-corrected chi connectivity index (χ3v) is 2.67. The third-order valence-electron chi connectivity index (χ3n) is 2.08. The molecule has 0 atom stereocenters. The molecule has 0 fully saturated rings. The van der Waals surface area contributed by atoms with E-state index in [1.165, 1.54) is 6.07 Å². The summed E-state index contributed by atoms with van der Waals surface area (Å²) in [5, 5.41) is 0. The molecule has 0 saturated carbocycles. The van der Waals surface area contributed by atoms with E-state index >= 15 is 0 Å². The molecule has 1 aromatic carbocycles. The number of hydrogen-bond donors (Lipinski definition) is 0. The standard InChI is InChI=1S/C11H16FNS/c1-13(7-8-14-2)9-10-5-3-4-6-11(10)12/h3-6H,7-9H2,1-2H3. The molecule has 0 aromatic heterocycles. The summed E-state index contributed by atoms with van der Waals surface area (Å²) in [6, 6.07) is 6.95. The molecule has 0 spiro atoms. The van der Waals surface area contributed by atoms with E-state index in [0.717, 1.165) is 17.9 Å². The quantitative estimate of drug-likeness (QED) is 0.739. The second-order valence-corrected chi connectivity index (χ2v) is 4.31. The van der Waals surface area contributed by atoms with Crippen molar-refractivity contribution in [2.24, 2.45) is 0 Å². The minimum Gasteiger partial charge on any atom is -0.301 e. The second kappa shape index (κ2) is 6.04. The van der Waals surface area contributed by atoms with Gasteiger partial charge in [-0.15, -0.1) is 0 Å². The van der Waals surface area contributed by atoms with Crippen molar-refractivity contribution in [1.29, 1.82) is 0 Å². The zero-order valence-corrected chi connectivity index (χ0v) is 9.48. The Morgan fingerprint density at radius 2 is 2.07 bits per heavy atom. The highest BCUT2D eigenvalue weighted by Crippen LogP contribution is 2.08. The molecule has 0 heterocycles. The number of nitrogens with zero attached hydrogens (tertiary/aromatic N) is 1. The maximum absolute atomic E-state index is 13.2. The Bertz CT molecular complexity index is 278. The van der Waals surface area contributed by atoms with E-state index in [2.05, 4.69) is 11.2 Å². The van der Waals surface area contributed by atoms with Crippen molar-refractivity contribution in [3.63, 3.8) is 0 Å². The van der Waals surface area contributed by atoms with Gasteiger partial charge in [0.05, 0.1) is 0 Å². The number of hydrogen-bond acceptors (Lipinski definition) is 2. The largest absolute Gasteiger partial charge is 0.301 e. The van der Waals surface area contributed by atoms with E-state index in [1.54, 1.807) is 6.07 Å². The summed E-state index contributed by atoms with van der Waals surface area (Å²) >= 11 is 1.81. The molecule has 0 N–H and O–H groups in total. The first-order chi connectivity index (χ1) is 6.74. The van der Waals surface area contributed by atoms with Gasteiger partial charge in [0.1, 0.15) is 5.82 Å². The summed E-state index contributed by atoms with van der Waals surface area (Å²) in [7, 11) is 2.02. The van der Waals surface area contributed by atoms with Crippen LogP contribution in [-0.2, 0) is 6.54 Å². The lowest BCUT2D eigenvalue weighted by molar-refractivity contribution is 0.342. The van der Waals surface area contributed by atoms with Crippen molar-refractivity contribution in [2.45, 2.75) is 6.54 Å². The van der Waals surface area contributed by atoms with Crippen LogP contribution in [0.3, 0.4) is 0 Å². The van der Waals surface area contributed by atoms with Crippen LogP contribution in [0.2, 0.25) is 0 Å². The zero-order chi connectivity index (χ0) is 10.4. The van der Waals surface area contributed by atoms with E-state index in [1.807, 2.05) is 30.9 Å². The highest BCUT2D eigenvalue weighted by atomic mass is 32.2. The zero-order valence-electron chi connectivity index (χ0n) is 8.66. The van der Waals surface area contributed by atoms with Gasteiger partial charge in [0.25, 0.3) is 0 Å². The lowest BCUT2D eigenvalue weighted by atomic mass is 10.2. The molecule has 14 heavy (non-hydrogen) atoms. The third kappa shape index (κ3) is 3.68. The first-order valence-corrected chi connectivity index (χ1v) is 6.04. The fourth-order valence-corrected chi connectivity index (χ4v) is 1.74. The average molecular weight is 213 g/mol. The predicted molar refractivity (Wildman–Crippen MR) is 61.1 cm³/mol. The van der Waals surface area contributed by atoms with E-state index in [0.29, 0.717) is 6.54 Å². The van der Waals surface area contributed by atoms with Crippen LogP contribution in [0.1, 0.15) is 5.56 Å². The molecule has 0 amide bonds. The molecule has 0 saturated heterocycles. The van der Waals surface area contributed by atoms with Crippen LogP contribution in [0.5, 0.6) is 0 Å². The average Bonchev–Trinajstić information content (AvgIpc) is 2.18. The Morgan fingerprint density at radius 1 is 1.36 bits per heavy atom.